The highest BCUT2D eigenvalue weighted by Gasteiger charge is 2.28. The van der Waals surface area contributed by atoms with Crippen molar-refractivity contribution in [1.29, 1.82) is 0 Å². The molecule has 31 heavy (non-hydrogen) atoms. The van der Waals surface area contributed by atoms with E-state index < -0.39 is 0 Å². The molecule has 1 fully saturated rings. The van der Waals surface area contributed by atoms with E-state index in [0.717, 1.165) is 48.6 Å². The molecule has 1 aliphatic rings. The number of carbonyl (C=O) groups excluding carboxylic acids is 2. The Balaban J connectivity index is 1.31. The zero-order valence-corrected chi connectivity index (χ0v) is 17.8. The minimum Gasteiger partial charge on any atom is -0.342 e. The average molecular weight is 417 g/mol. The largest absolute Gasteiger partial charge is 0.342 e. The van der Waals surface area contributed by atoms with Crippen molar-refractivity contribution < 1.29 is 9.59 Å². The Bertz CT molecular complexity index is 1030. The van der Waals surface area contributed by atoms with Crippen LogP contribution in [0.15, 0.2) is 67.0 Å². The summed E-state index contributed by atoms with van der Waals surface area (Å²) in [6.07, 6.45) is 5.79. The summed E-state index contributed by atoms with van der Waals surface area (Å²) >= 11 is 0. The minimum absolute atomic E-state index is 0.0181. The van der Waals surface area contributed by atoms with Crippen molar-refractivity contribution >= 4 is 17.5 Å². The number of amides is 2. The van der Waals surface area contributed by atoms with Gasteiger partial charge >= 0.3 is 0 Å². The summed E-state index contributed by atoms with van der Waals surface area (Å²) in [4.78, 5) is 31.6. The molecule has 1 aromatic heterocycles. The number of hydrogen-bond donors (Lipinski definition) is 1. The van der Waals surface area contributed by atoms with E-state index in [9.17, 15) is 9.59 Å². The molecule has 2 heterocycles. The van der Waals surface area contributed by atoms with Gasteiger partial charge in [0.1, 0.15) is 5.82 Å². The van der Waals surface area contributed by atoms with E-state index in [1.54, 1.807) is 6.20 Å². The van der Waals surface area contributed by atoms with Gasteiger partial charge in [0.25, 0.3) is 0 Å². The van der Waals surface area contributed by atoms with E-state index in [0.29, 0.717) is 13.0 Å². The molecule has 0 aliphatic carbocycles. The number of anilines is 1. The van der Waals surface area contributed by atoms with Crippen LogP contribution in [-0.2, 0) is 22.6 Å². The molecule has 6 nitrogen and oxygen atoms in total. The fourth-order valence-electron chi connectivity index (χ4n) is 4.01. The van der Waals surface area contributed by atoms with Gasteiger partial charge in [-0.05, 0) is 43.0 Å². The quantitative estimate of drug-likeness (QED) is 0.667. The van der Waals surface area contributed by atoms with Gasteiger partial charge in [-0.2, -0.15) is 0 Å². The predicted octanol–water partition coefficient (Wildman–Crippen LogP) is 3.66. The lowest BCUT2D eigenvalue weighted by atomic mass is 9.96. The highest BCUT2D eigenvalue weighted by Crippen LogP contribution is 2.20. The molecule has 0 bridgehead atoms. The topological polar surface area (TPSA) is 67.2 Å². The molecule has 1 N–H and O–H groups in total. The van der Waals surface area contributed by atoms with E-state index >= 15 is 0 Å². The molecule has 2 amide bonds. The van der Waals surface area contributed by atoms with Crippen molar-refractivity contribution in [2.75, 3.05) is 18.4 Å². The molecule has 0 saturated carbocycles. The van der Waals surface area contributed by atoms with E-state index in [1.807, 2.05) is 72.6 Å². The van der Waals surface area contributed by atoms with Crippen LogP contribution >= 0.6 is 0 Å². The van der Waals surface area contributed by atoms with Crippen LogP contribution in [0.4, 0.5) is 5.69 Å². The molecule has 3 aromatic rings. The summed E-state index contributed by atoms with van der Waals surface area (Å²) in [5.41, 5.74) is 2.93. The monoisotopic (exact) mass is 416 g/mol. The second kappa shape index (κ2) is 9.60. The van der Waals surface area contributed by atoms with Crippen LogP contribution in [0.25, 0.3) is 0 Å². The zero-order chi connectivity index (χ0) is 21.6. The summed E-state index contributed by atoms with van der Waals surface area (Å²) in [7, 11) is 0. The number of imidazole rings is 1. The molecule has 0 radical (unpaired) electrons. The first kappa shape index (κ1) is 20.8. The summed E-state index contributed by atoms with van der Waals surface area (Å²) in [5.74, 6) is 0.862. The van der Waals surface area contributed by atoms with Crippen LogP contribution < -0.4 is 5.32 Å². The van der Waals surface area contributed by atoms with E-state index in [4.69, 9.17) is 0 Å². The van der Waals surface area contributed by atoms with Gasteiger partial charge in [0, 0.05) is 37.7 Å². The number of nitrogens with one attached hydrogen (secondary N) is 1. The van der Waals surface area contributed by atoms with Crippen LogP contribution in [0.2, 0.25) is 0 Å². The highest BCUT2D eigenvalue weighted by atomic mass is 16.2. The van der Waals surface area contributed by atoms with Crippen molar-refractivity contribution in [3.63, 3.8) is 0 Å². The molecule has 4 rings (SSSR count). The fourth-order valence-corrected chi connectivity index (χ4v) is 4.01. The molecule has 160 valence electrons. The van der Waals surface area contributed by atoms with Crippen molar-refractivity contribution in [2.45, 2.75) is 32.7 Å². The van der Waals surface area contributed by atoms with Gasteiger partial charge in [-0.1, -0.05) is 42.5 Å². The number of benzene rings is 2. The lowest BCUT2D eigenvalue weighted by molar-refractivity contribution is -0.133. The Labute approximate surface area is 182 Å². The van der Waals surface area contributed by atoms with Crippen molar-refractivity contribution in [3.8, 4) is 0 Å². The van der Waals surface area contributed by atoms with E-state index in [-0.39, 0.29) is 17.7 Å². The van der Waals surface area contributed by atoms with Gasteiger partial charge in [-0.15, -0.1) is 0 Å². The predicted molar refractivity (Wildman–Crippen MR) is 121 cm³/mol. The lowest BCUT2D eigenvalue weighted by Crippen LogP contribution is -2.44. The van der Waals surface area contributed by atoms with Gasteiger partial charge < -0.3 is 14.8 Å². The zero-order valence-electron chi connectivity index (χ0n) is 17.8. The molecule has 1 atom stereocenters. The van der Waals surface area contributed by atoms with Crippen LogP contribution in [0.3, 0.4) is 0 Å². The van der Waals surface area contributed by atoms with Crippen LogP contribution in [0.5, 0.6) is 0 Å². The maximum absolute atomic E-state index is 12.8. The molecular weight excluding hydrogens is 388 g/mol. The first-order chi connectivity index (χ1) is 15.1. The third-order valence-electron chi connectivity index (χ3n) is 5.84. The molecule has 6 heteroatoms. The first-order valence-corrected chi connectivity index (χ1v) is 10.8. The Kier molecular flexibility index (Phi) is 6.46. The van der Waals surface area contributed by atoms with Crippen LogP contribution in [-0.4, -0.2) is 39.4 Å². The second-order valence-electron chi connectivity index (χ2n) is 8.13. The molecule has 1 unspecified atom stereocenters. The van der Waals surface area contributed by atoms with Gasteiger partial charge in [0.15, 0.2) is 0 Å². The third-order valence-corrected chi connectivity index (χ3v) is 5.84. The summed E-state index contributed by atoms with van der Waals surface area (Å²) < 4.78 is 2.08. The summed E-state index contributed by atoms with van der Waals surface area (Å²) in [6.45, 7) is 3.93. The molecular formula is C25H28N4O2. The number of likely N-dealkylation sites (tertiary alicyclic amines) is 1. The van der Waals surface area contributed by atoms with E-state index in [2.05, 4.69) is 14.9 Å². The number of aryl methyl sites for hydroxylation is 1. The first-order valence-electron chi connectivity index (χ1n) is 10.8. The number of aromatic nitrogens is 2. The number of hydrogen-bond acceptors (Lipinski definition) is 3. The standard InChI is InChI=1S/C25H28N4O2/c1-19-26-13-15-28(19)17-21-9-11-23(12-10-21)27-25(31)22-8-5-14-29(18-22)24(30)16-20-6-3-2-4-7-20/h2-4,6-7,9-13,15,22H,5,8,14,16-18H2,1H3,(H,27,31). The highest BCUT2D eigenvalue weighted by molar-refractivity contribution is 5.93. The number of carbonyl (C=O) groups is 2. The fraction of sp³-hybridized carbons (Fsp3) is 0.320. The molecule has 0 spiro atoms. The van der Waals surface area contributed by atoms with Crippen LogP contribution in [0.1, 0.15) is 29.8 Å². The third kappa shape index (κ3) is 5.40. The SMILES string of the molecule is Cc1nccn1Cc1ccc(NC(=O)C2CCCN(C(=O)Cc3ccccc3)C2)cc1. The van der Waals surface area contributed by atoms with Crippen molar-refractivity contribution in [3.05, 3.63) is 83.9 Å². The van der Waals surface area contributed by atoms with Gasteiger partial charge in [0.05, 0.1) is 12.3 Å². The summed E-state index contributed by atoms with van der Waals surface area (Å²) in [5, 5.41) is 3.02. The minimum atomic E-state index is -0.179. The maximum Gasteiger partial charge on any atom is 0.229 e. The number of nitrogens with zero attached hydrogens (tertiary/aromatic N) is 3. The smallest absolute Gasteiger partial charge is 0.229 e. The van der Waals surface area contributed by atoms with Gasteiger partial charge in [-0.25, -0.2) is 4.98 Å². The molecule has 2 aromatic carbocycles. The number of rotatable bonds is 6. The molecule has 1 saturated heterocycles. The Morgan fingerprint density at radius 2 is 1.84 bits per heavy atom. The maximum atomic E-state index is 12.8. The van der Waals surface area contributed by atoms with Crippen LogP contribution in [0, 0.1) is 12.8 Å². The second-order valence-corrected chi connectivity index (χ2v) is 8.13. The lowest BCUT2D eigenvalue weighted by Gasteiger charge is -2.32. The normalized spacial score (nSPS) is 16.2. The Morgan fingerprint density at radius 3 is 2.55 bits per heavy atom. The Morgan fingerprint density at radius 1 is 1.06 bits per heavy atom. The number of piperidine rings is 1. The van der Waals surface area contributed by atoms with Gasteiger partial charge in [-0.3, -0.25) is 9.59 Å². The molecule has 1 aliphatic heterocycles. The van der Waals surface area contributed by atoms with E-state index in [1.165, 1.54) is 0 Å². The van der Waals surface area contributed by atoms with Crippen molar-refractivity contribution in [2.24, 2.45) is 5.92 Å². The van der Waals surface area contributed by atoms with Gasteiger partial charge in [0.2, 0.25) is 11.8 Å². The summed E-state index contributed by atoms with van der Waals surface area (Å²) in [6, 6.07) is 17.7. The Hall–Kier alpha value is -3.41. The van der Waals surface area contributed by atoms with Crippen molar-refractivity contribution in [1.82, 2.24) is 14.5 Å². The average Bonchev–Trinajstić information content (AvgIpc) is 3.20.